The third-order valence-electron chi connectivity index (χ3n) is 5.14. The highest BCUT2D eigenvalue weighted by atomic mass is 16.5. The number of hydrogen-bond donors (Lipinski definition) is 5. The maximum atomic E-state index is 11.5. The molecule has 7 nitrogen and oxygen atoms in total. The maximum Gasteiger partial charge on any atom is 0.265 e. The van der Waals surface area contributed by atoms with Crippen LogP contribution in [0.5, 0.6) is 0 Å². The summed E-state index contributed by atoms with van der Waals surface area (Å²) in [7, 11) is 0. The Balaban J connectivity index is 2.03. The third-order valence-corrected chi connectivity index (χ3v) is 5.14. The Kier molecular flexibility index (Phi) is 7.51. The fourth-order valence-corrected chi connectivity index (χ4v) is 3.53. The lowest BCUT2D eigenvalue weighted by Gasteiger charge is -2.37. The zero-order valence-corrected chi connectivity index (χ0v) is 16.8. The van der Waals surface area contributed by atoms with Crippen LogP contribution in [0.1, 0.15) is 16.7 Å². The summed E-state index contributed by atoms with van der Waals surface area (Å²) < 4.78 is 6.35. The van der Waals surface area contributed by atoms with E-state index in [1.807, 2.05) is 91.0 Å². The Labute approximate surface area is 180 Å². The topological polar surface area (TPSA) is 125 Å². The van der Waals surface area contributed by atoms with Crippen LogP contribution < -0.4 is 11.3 Å². The minimum Gasteiger partial charge on any atom is -0.388 e. The van der Waals surface area contributed by atoms with Crippen molar-refractivity contribution in [2.75, 3.05) is 6.61 Å². The van der Waals surface area contributed by atoms with Gasteiger partial charge in [-0.15, -0.1) is 0 Å². The van der Waals surface area contributed by atoms with Crippen LogP contribution in [0.15, 0.2) is 91.0 Å². The molecule has 0 spiro atoms. The Hall–Kier alpha value is -3.07. The minimum atomic E-state index is -1.90. The Bertz CT molecular complexity index is 857. The van der Waals surface area contributed by atoms with Gasteiger partial charge in [0.05, 0.1) is 6.61 Å². The zero-order valence-electron chi connectivity index (χ0n) is 16.8. The molecule has 1 amide bonds. The third kappa shape index (κ3) is 4.82. The van der Waals surface area contributed by atoms with Gasteiger partial charge in [-0.3, -0.25) is 10.2 Å². The summed E-state index contributed by atoms with van der Waals surface area (Å²) in [6.45, 7) is -0.366. The molecule has 3 rings (SSSR count). The van der Waals surface area contributed by atoms with Crippen molar-refractivity contribution in [3.05, 3.63) is 108 Å². The predicted molar refractivity (Wildman–Crippen MR) is 116 cm³/mol. The van der Waals surface area contributed by atoms with Gasteiger partial charge in [-0.05, 0) is 16.7 Å². The highest BCUT2D eigenvalue weighted by Crippen LogP contribution is 2.40. The van der Waals surface area contributed by atoms with Crippen LogP contribution >= 0.6 is 0 Å². The van der Waals surface area contributed by atoms with Crippen molar-refractivity contribution >= 4 is 5.91 Å². The minimum absolute atomic E-state index is 0.366. The molecule has 0 unspecified atom stereocenters. The van der Waals surface area contributed by atoms with Crippen LogP contribution in [0.25, 0.3) is 0 Å². The van der Waals surface area contributed by atoms with E-state index in [4.69, 9.17) is 10.6 Å². The molecule has 0 saturated carbocycles. The van der Waals surface area contributed by atoms with E-state index in [1.165, 1.54) is 0 Å². The summed E-state index contributed by atoms with van der Waals surface area (Å²) in [5.41, 5.74) is 3.09. The van der Waals surface area contributed by atoms with Crippen LogP contribution in [0.4, 0.5) is 0 Å². The largest absolute Gasteiger partial charge is 0.388 e. The molecule has 0 bridgehead atoms. The van der Waals surface area contributed by atoms with Gasteiger partial charge in [0.15, 0.2) is 6.10 Å². The summed E-state index contributed by atoms with van der Waals surface area (Å²) >= 11 is 0. The molecule has 3 aromatic carbocycles. The molecule has 3 aromatic rings. The van der Waals surface area contributed by atoms with Crippen molar-refractivity contribution in [3.63, 3.8) is 0 Å². The summed E-state index contributed by atoms with van der Waals surface area (Å²) in [5.74, 6) is 3.99. The highest BCUT2D eigenvalue weighted by molar-refractivity contribution is 5.80. The van der Waals surface area contributed by atoms with Crippen molar-refractivity contribution in [1.82, 2.24) is 5.43 Å². The number of nitrogens with one attached hydrogen (secondary N) is 1. The van der Waals surface area contributed by atoms with Gasteiger partial charge in [0.2, 0.25) is 0 Å². The van der Waals surface area contributed by atoms with Crippen molar-refractivity contribution in [2.45, 2.75) is 23.9 Å². The number of hydrazine groups is 1. The number of carbonyl (C=O) groups is 1. The number of ether oxygens (including phenoxy) is 1. The standard InChI is InChI=1S/C24H26N2O5/c25-26-23(30)22(29)21(28)20(27)16-31-24(17-10-4-1-5-11-17,18-12-6-2-7-13-18)19-14-8-3-9-15-19/h1-15,20-22,27-29H,16,25H2,(H,26,30)/t20-,21-,22-/m1/s1. The van der Waals surface area contributed by atoms with Crippen LogP contribution in [0.2, 0.25) is 0 Å². The maximum absolute atomic E-state index is 11.5. The number of rotatable bonds is 9. The van der Waals surface area contributed by atoms with Gasteiger partial charge in [0, 0.05) is 0 Å². The second kappa shape index (κ2) is 10.3. The van der Waals surface area contributed by atoms with Gasteiger partial charge in [-0.2, -0.15) is 0 Å². The van der Waals surface area contributed by atoms with E-state index in [1.54, 1.807) is 5.43 Å². The number of aliphatic hydroxyl groups is 3. The SMILES string of the molecule is NNC(=O)[C@H](O)[C@H](O)[C@H](O)COC(c1ccccc1)(c1ccccc1)c1ccccc1. The molecule has 3 atom stereocenters. The van der Waals surface area contributed by atoms with Crippen molar-refractivity contribution in [2.24, 2.45) is 5.84 Å². The number of carbonyl (C=O) groups excluding carboxylic acids is 1. The molecule has 7 heteroatoms. The van der Waals surface area contributed by atoms with E-state index in [2.05, 4.69) is 0 Å². The first kappa shape index (κ1) is 22.6. The molecule has 6 N–H and O–H groups in total. The quantitative estimate of drug-likeness (QED) is 0.152. The van der Waals surface area contributed by atoms with Gasteiger partial charge in [-0.1, -0.05) is 91.0 Å². The van der Waals surface area contributed by atoms with Crippen LogP contribution in [0.3, 0.4) is 0 Å². The van der Waals surface area contributed by atoms with Gasteiger partial charge < -0.3 is 20.1 Å². The van der Waals surface area contributed by atoms with Gasteiger partial charge in [0.25, 0.3) is 5.91 Å². The normalized spacial score (nSPS) is 14.5. The lowest BCUT2D eigenvalue weighted by Crippen LogP contribution is -2.51. The van der Waals surface area contributed by atoms with Crippen LogP contribution in [0, 0.1) is 0 Å². The molecule has 0 aliphatic carbocycles. The lowest BCUT2D eigenvalue weighted by molar-refractivity contribution is -0.146. The summed E-state index contributed by atoms with van der Waals surface area (Å²) in [6, 6.07) is 28.5. The van der Waals surface area contributed by atoms with E-state index >= 15 is 0 Å². The number of hydrogen-bond acceptors (Lipinski definition) is 6. The number of benzene rings is 3. The molecular formula is C24H26N2O5. The van der Waals surface area contributed by atoms with E-state index in [0.29, 0.717) is 0 Å². The molecular weight excluding hydrogens is 396 g/mol. The fraction of sp³-hybridized carbons (Fsp3) is 0.208. The van der Waals surface area contributed by atoms with Crippen LogP contribution in [-0.4, -0.2) is 46.1 Å². The number of amides is 1. The number of aliphatic hydroxyl groups excluding tert-OH is 3. The summed E-state index contributed by atoms with van der Waals surface area (Å²) in [4.78, 5) is 11.5. The predicted octanol–water partition coefficient (Wildman–Crippen LogP) is 1.07. The average Bonchev–Trinajstić information content (AvgIpc) is 2.84. The van der Waals surface area contributed by atoms with Gasteiger partial charge in [-0.25, -0.2) is 5.84 Å². The lowest BCUT2D eigenvalue weighted by atomic mass is 9.80. The molecule has 0 aliphatic heterocycles. The fourth-order valence-electron chi connectivity index (χ4n) is 3.53. The van der Waals surface area contributed by atoms with E-state index < -0.39 is 29.8 Å². The Morgan fingerprint density at radius 3 is 1.55 bits per heavy atom. The number of nitrogens with two attached hydrogens (primary N) is 1. The molecule has 0 aromatic heterocycles. The first-order chi connectivity index (χ1) is 15.0. The molecule has 31 heavy (non-hydrogen) atoms. The van der Waals surface area contributed by atoms with Crippen LogP contribution in [-0.2, 0) is 15.1 Å². The van der Waals surface area contributed by atoms with Crippen molar-refractivity contribution in [1.29, 1.82) is 0 Å². The smallest absolute Gasteiger partial charge is 0.265 e. The van der Waals surface area contributed by atoms with Gasteiger partial charge >= 0.3 is 0 Å². The second-order valence-electron chi connectivity index (χ2n) is 7.10. The second-order valence-corrected chi connectivity index (χ2v) is 7.10. The zero-order chi connectivity index (χ0) is 22.3. The first-order valence-electron chi connectivity index (χ1n) is 9.86. The molecule has 0 saturated heterocycles. The summed E-state index contributed by atoms with van der Waals surface area (Å²) in [5, 5.41) is 30.6. The highest BCUT2D eigenvalue weighted by Gasteiger charge is 2.39. The Morgan fingerprint density at radius 1 is 0.806 bits per heavy atom. The van der Waals surface area contributed by atoms with Crippen molar-refractivity contribution < 1.29 is 24.9 Å². The van der Waals surface area contributed by atoms with Crippen molar-refractivity contribution in [3.8, 4) is 0 Å². The van der Waals surface area contributed by atoms with E-state index in [-0.39, 0.29) is 6.61 Å². The molecule has 0 heterocycles. The van der Waals surface area contributed by atoms with E-state index in [0.717, 1.165) is 16.7 Å². The molecule has 0 fully saturated rings. The Morgan fingerprint density at radius 2 is 1.19 bits per heavy atom. The molecule has 0 radical (unpaired) electrons. The average molecular weight is 422 g/mol. The molecule has 0 aliphatic rings. The monoisotopic (exact) mass is 422 g/mol. The molecule has 162 valence electrons. The summed E-state index contributed by atoms with van der Waals surface area (Å²) in [6.07, 6.45) is -5.24. The first-order valence-corrected chi connectivity index (χ1v) is 9.86. The van der Waals surface area contributed by atoms with Gasteiger partial charge in [0.1, 0.15) is 17.8 Å². The van der Waals surface area contributed by atoms with E-state index in [9.17, 15) is 20.1 Å².